The van der Waals surface area contributed by atoms with E-state index in [2.05, 4.69) is 16.8 Å². The van der Waals surface area contributed by atoms with Gasteiger partial charge >= 0.3 is 0 Å². The fraction of sp³-hybridized carbons (Fsp3) is 0. The first-order valence-corrected chi connectivity index (χ1v) is 5.58. The van der Waals surface area contributed by atoms with Crippen LogP contribution < -0.4 is 5.46 Å². The second-order valence-electron chi connectivity index (χ2n) is 3.72. The number of pyridine rings is 1. The van der Waals surface area contributed by atoms with Crippen molar-refractivity contribution in [3.63, 3.8) is 0 Å². The van der Waals surface area contributed by atoms with Gasteiger partial charge in [-0.2, -0.15) is 0 Å². The molecule has 0 saturated carbocycles. The summed E-state index contributed by atoms with van der Waals surface area (Å²) in [5, 5.41) is 9.83. The van der Waals surface area contributed by atoms with Crippen LogP contribution in [0.5, 0.6) is 5.88 Å². The van der Waals surface area contributed by atoms with Gasteiger partial charge in [-0.15, -0.1) is 0 Å². The van der Waals surface area contributed by atoms with Crippen LogP contribution in [0, 0.1) is 17.7 Å². The van der Waals surface area contributed by atoms with Crippen molar-refractivity contribution in [1.82, 2.24) is 4.98 Å². The summed E-state index contributed by atoms with van der Waals surface area (Å²) in [4.78, 5) is 3.76. The minimum Gasteiger partial charge on any atom is -0.492 e. The summed E-state index contributed by atoms with van der Waals surface area (Å²) in [6.07, 6.45) is 0. The molecular formula is C13H8BClFNO. The topological polar surface area (TPSA) is 33.1 Å². The van der Waals surface area contributed by atoms with Crippen molar-refractivity contribution in [2.24, 2.45) is 0 Å². The highest BCUT2D eigenvalue weighted by atomic mass is 35.5. The molecule has 1 N–H and O–H groups in total. The zero-order valence-electron chi connectivity index (χ0n) is 9.54. The summed E-state index contributed by atoms with van der Waals surface area (Å²) in [7, 11) is 1.78. The van der Waals surface area contributed by atoms with E-state index < -0.39 is 0 Å². The van der Waals surface area contributed by atoms with Crippen LogP contribution in [-0.4, -0.2) is 17.9 Å². The highest BCUT2D eigenvalue weighted by Gasteiger charge is 2.04. The number of aromatic nitrogens is 1. The van der Waals surface area contributed by atoms with Crippen LogP contribution in [0.2, 0.25) is 5.15 Å². The fourth-order valence-corrected chi connectivity index (χ4v) is 1.48. The molecule has 0 aliphatic rings. The van der Waals surface area contributed by atoms with Gasteiger partial charge < -0.3 is 5.11 Å². The summed E-state index contributed by atoms with van der Waals surface area (Å²) in [5.74, 6) is 5.07. The van der Waals surface area contributed by atoms with Gasteiger partial charge in [0.1, 0.15) is 18.8 Å². The first kappa shape index (κ1) is 12.5. The van der Waals surface area contributed by atoms with Crippen molar-refractivity contribution in [3.8, 4) is 17.7 Å². The number of hydrogen-bond acceptors (Lipinski definition) is 2. The minimum absolute atomic E-state index is 0.208. The molecule has 0 radical (unpaired) electrons. The van der Waals surface area contributed by atoms with Gasteiger partial charge in [-0.05, 0) is 30.3 Å². The molecule has 18 heavy (non-hydrogen) atoms. The van der Waals surface area contributed by atoms with Crippen LogP contribution in [0.15, 0.2) is 30.3 Å². The maximum absolute atomic E-state index is 12.7. The zero-order chi connectivity index (χ0) is 13.1. The third kappa shape index (κ3) is 2.82. The Bertz CT molecular complexity index is 647. The standard InChI is InChI=1S/C13H8BClFNO/c14-11-7-9(13(18)17-12(11)15)4-1-8-2-5-10(16)6-3-8/h2-3,5-7H,14H2,(H,17,18). The van der Waals surface area contributed by atoms with E-state index in [1.165, 1.54) is 12.1 Å². The average Bonchev–Trinajstić information content (AvgIpc) is 2.34. The van der Waals surface area contributed by atoms with Crippen molar-refractivity contribution < 1.29 is 9.50 Å². The molecule has 0 unspecified atom stereocenters. The van der Waals surface area contributed by atoms with Crippen LogP contribution in [0.1, 0.15) is 11.1 Å². The van der Waals surface area contributed by atoms with Crippen LogP contribution in [0.25, 0.3) is 0 Å². The third-order valence-electron chi connectivity index (χ3n) is 2.32. The molecule has 0 bridgehead atoms. The van der Waals surface area contributed by atoms with Gasteiger partial charge in [-0.1, -0.05) is 28.9 Å². The van der Waals surface area contributed by atoms with Crippen molar-refractivity contribution >= 4 is 24.9 Å². The molecular weight excluding hydrogens is 251 g/mol. The zero-order valence-corrected chi connectivity index (χ0v) is 10.3. The Balaban J connectivity index is 2.35. The first-order chi connectivity index (χ1) is 8.56. The predicted octanol–water partition coefficient (Wildman–Crippen LogP) is 1.24. The van der Waals surface area contributed by atoms with Crippen LogP contribution in [-0.2, 0) is 0 Å². The Hall–Kier alpha value is -1.99. The normalized spacial score (nSPS) is 9.67. The smallest absolute Gasteiger partial charge is 0.228 e. The van der Waals surface area contributed by atoms with Crippen molar-refractivity contribution in [2.45, 2.75) is 0 Å². The van der Waals surface area contributed by atoms with Crippen molar-refractivity contribution in [2.75, 3.05) is 0 Å². The van der Waals surface area contributed by atoms with Gasteiger partial charge in [-0.25, -0.2) is 9.37 Å². The summed E-state index contributed by atoms with van der Waals surface area (Å²) < 4.78 is 12.7. The lowest BCUT2D eigenvalue weighted by Gasteiger charge is -2.00. The first-order valence-electron chi connectivity index (χ1n) is 5.20. The number of nitrogens with zero attached hydrogens (tertiary/aromatic N) is 1. The molecule has 0 aliphatic carbocycles. The third-order valence-corrected chi connectivity index (χ3v) is 2.70. The second kappa shape index (κ2) is 5.11. The SMILES string of the molecule is Bc1cc(C#Cc2ccc(F)cc2)c(O)nc1Cl. The predicted molar refractivity (Wildman–Crippen MR) is 71.5 cm³/mol. The summed E-state index contributed by atoms with van der Waals surface area (Å²) in [5.41, 5.74) is 1.78. The lowest BCUT2D eigenvalue weighted by molar-refractivity contribution is 0.452. The summed E-state index contributed by atoms with van der Waals surface area (Å²) in [6.45, 7) is 0. The van der Waals surface area contributed by atoms with E-state index in [0.717, 1.165) is 5.46 Å². The largest absolute Gasteiger partial charge is 0.492 e. The Morgan fingerprint density at radius 3 is 2.56 bits per heavy atom. The van der Waals surface area contributed by atoms with Gasteiger partial charge in [0.25, 0.3) is 0 Å². The molecule has 0 amide bonds. The van der Waals surface area contributed by atoms with Crippen LogP contribution in [0.4, 0.5) is 4.39 Å². The van der Waals surface area contributed by atoms with Gasteiger partial charge in [0.2, 0.25) is 5.88 Å². The molecule has 1 heterocycles. The Kier molecular flexibility index (Phi) is 3.54. The number of hydrogen-bond donors (Lipinski definition) is 1. The molecule has 0 saturated heterocycles. The molecule has 88 valence electrons. The van der Waals surface area contributed by atoms with E-state index in [4.69, 9.17) is 11.6 Å². The number of aromatic hydroxyl groups is 1. The molecule has 1 aromatic heterocycles. The molecule has 1 aromatic carbocycles. The quantitative estimate of drug-likeness (QED) is 0.439. The van der Waals surface area contributed by atoms with Crippen LogP contribution >= 0.6 is 11.6 Å². The van der Waals surface area contributed by atoms with Crippen molar-refractivity contribution in [3.05, 3.63) is 52.4 Å². The van der Waals surface area contributed by atoms with Gasteiger partial charge in [0, 0.05) is 5.56 Å². The maximum atomic E-state index is 12.7. The Morgan fingerprint density at radius 2 is 1.89 bits per heavy atom. The van der Waals surface area contributed by atoms with Crippen LogP contribution in [0.3, 0.4) is 0 Å². The van der Waals surface area contributed by atoms with E-state index in [1.54, 1.807) is 26.0 Å². The number of rotatable bonds is 0. The second-order valence-corrected chi connectivity index (χ2v) is 4.08. The maximum Gasteiger partial charge on any atom is 0.228 e. The Labute approximate surface area is 110 Å². The average molecular weight is 259 g/mol. The van der Waals surface area contributed by atoms with E-state index in [9.17, 15) is 9.50 Å². The van der Waals surface area contributed by atoms with Gasteiger partial charge in [-0.3, -0.25) is 0 Å². The summed E-state index contributed by atoms with van der Waals surface area (Å²) in [6, 6.07) is 7.44. The number of benzene rings is 1. The van der Waals surface area contributed by atoms with E-state index in [-0.39, 0.29) is 16.9 Å². The molecule has 0 aliphatic heterocycles. The molecule has 2 nitrogen and oxygen atoms in total. The number of halogens is 2. The Morgan fingerprint density at radius 1 is 1.22 bits per heavy atom. The minimum atomic E-state index is -0.313. The molecule has 0 fully saturated rings. The molecule has 2 aromatic rings. The van der Waals surface area contributed by atoms with Gasteiger partial charge in [0.05, 0.1) is 5.56 Å². The highest BCUT2D eigenvalue weighted by molar-refractivity contribution is 6.44. The fourth-order valence-electron chi connectivity index (χ4n) is 1.35. The highest BCUT2D eigenvalue weighted by Crippen LogP contribution is 2.14. The van der Waals surface area contributed by atoms with E-state index in [1.807, 2.05) is 0 Å². The molecule has 2 rings (SSSR count). The lowest BCUT2D eigenvalue weighted by atomic mass is 9.97. The summed E-state index contributed by atoms with van der Waals surface area (Å²) >= 11 is 5.76. The lowest BCUT2D eigenvalue weighted by Crippen LogP contribution is -2.06. The molecule has 5 heteroatoms. The van der Waals surface area contributed by atoms with E-state index >= 15 is 0 Å². The monoisotopic (exact) mass is 259 g/mol. The molecule has 0 atom stereocenters. The van der Waals surface area contributed by atoms with Gasteiger partial charge in [0.15, 0.2) is 0 Å². The van der Waals surface area contributed by atoms with E-state index in [0.29, 0.717) is 11.1 Å². The van der Waals surface area contributed by atoms with Crippen molar-refractivity contribution in [1.29, 1.82) is 0 Å². The molecule has 0 spiro atoms.